The van der Waals surface area contributed by atoms with Crippen LogP contribution in [0.2, 0.25) is 0 Å². The van der Waals surface area contributed by atoms with Gasteiger partial charge in [0.1, 0.15) is 6.33 Å². The molecule has 0 spiro atoms. The summed E-state index contributed by atoms with van der Waals surface area (Å²) in [6.07, 6.45) is 5.93. The van der Waals surface area contributed by atoms with Gasteiger partial charge in [0.25, 0.3) is 5.91 Å². The predicted molar refractivity (Wildman–Crippen MR) is 127 cm³/mol. The minimum atomic E-state index is 0.187. The third kappa shape index (κ3) is 3.00. The van der Waals surface area contributed by atoms with E-state index in [2.05, 4.69) is 58.2 Å². The molecule has 0 aliphatic carbocycles. The van der Waals surface area contributed by atoms with Crippen LogP contribution in [0.5, 0.6) is 0 Å². The number of aromatic nitrogens is 4. The van der Waals surface area contributed by atoms with Crippen LogP contribution in [0.1, 0.15) is 53.4 Å². The maximum absolute atomic E-state index is 13.4. The lowest BCUT2D eigenvalue weighted by Gasteiger charge is -2.32. The summed E-state index contributed by atoms with van der Waals surface area (Å²) < 4.78 is 3.02. The second kappa shape index (κ2) is 7.42. The first-order chi connectivity index (χ1) is 15.5. The van der Waals surface area contributed by atoms with Crippen LogP contribution < -0.4 is 5.32 Å². The van der Waals surface area contributed by atoms with Gasteiger partial charge < -0.3 is 15.2 Å². The Hall–Kier alpha value is -2.71. The zero-order valence-corrected chi connectivity index (χ0v) is 19.5. The van der Waals surface area contributed by atoms with Crippen molar-refractivity contribution in [2.45, 2.75) is 45.6 Å². The van der Waals surface area contributed by atoms with Crippen molar-refractivity contribution in [1.82, 2.24) is 29.8 Å². The van der Waals surface area contributed by atoms with E-state index in [1.54, 1.807) is 17.7 Å². The molecule has 0 aromatic carbocycles. The normalized spacial score (nSPS) is 21.2. The second-order valence-electron chi connectivity index (χ2n) is 9.47. The predicted octanol–water partition coefficient (Wildman–Crippen LogP) is 4.19. The zero-order valence-electron chi connectivity index (χ0n) is 18.7. The van der Waals surface area contributed by atoms with Gasteiger partial charge in [-0.3, -0.25) is 4.79 Å². The van der Waals surface area contributed by atoms with Crippen LogP contribution in [-0.4, -0.2) is 56.1 Å². The molecule has 2 unspecified atom stereocenters. The van der Waals surface area contributed by atoms with Gasteiger partial charge in [0.05, 0.1) is 20.8 Å². The minimum absolute atomic E-state index is 0.187. The van der Waals surface area contributed by atoms with E-state index in [0.29, 0.717) is 17.9 Å². The summed E-state index contributed by atoms with van der Waals surface area (Å²) in [5.74, 6) is 1.16. The van der Waals surface area contributed by atoms with E-state index < -0.39 is 0 Å². The summed E-state index contributed by atoms with van der Waals surface area (Å²) in [6.45, 7) is 9.37. The van der Waals surface area contributed by atoms with Crippen molar-refractivity contribution < 1.29 is 4.79 Å². The first-order valence-corrected chi connectivity index (χ1v) is 12.3. The molecule has 2 aliphatic rings. The van der Waals surface area contributed by atoms with E-state index in [-0.39, 0.29) is 5.91 Å². The third-order valence-corrected chi connectivity index (χ3v) is 8.29. The highest BCUT2D eigenvalue weighted by Gasteiger charge is 2.39. The maximum atomic E-state index is 13.4. The van der Waals surface area contributed by atoms with Gasteiger partial charge in [-0.1, -0.05) is 13.8 Å². The monoisotopic (exact) mass is 448 g/mol. The number of H-pyrrole nitrogens is 1. The van der Waals surface area contributed by atoms with Gasteiger partial charge in [0.2, 0.25) is 0 Å². The quantitative estimate of drug-likeness (QED) is 0.493. The SMILES string of the molecule is Cc1cc(-c2[nH]c3cc(C(=O)N4CCC5CCNCC54)sc3c2C(C)C)cn2ncnc12. The van der Waals surface area contributed by atoms with E-state index in [9.17, 15) is 4.79 Å². The number of aryl methyl sites for hydroxylation is 1. The Morgan fingerprint density at radius 3 is 3.00 bits per heavy atom. The molecule has 2 aliphatic heterocycles. The number of pyridine rings is 1. The van der Waals surface area contributed by atoms with Crippen molar-refractivity contribution >= 4 is 33.1 Å². The molecular formula is C24H28N6OS. The topological polar surface area (TPSA) is 78.3 Å². The van der Waals surface area contributed by atoms with Crippen LogP contribution in [0.3, 0.4) is 0 Å². The first kappa shape index (κ1) is 19.9. The summed E-state index contributed by atoms with van der Waals surface area (Å²) in [5.41, 5.74) is 6.48. The van der Waals surface area contributed by atoms with Gasteiger partial charge in [0.15, 0.2) is 5.65 Å². The fourth-order valence-corrected chi connectivity index (χ4v) is 6.85. The van der Waals surface area contributed by atoms with E-state index >= 15 is 0 Å². The number of fused-ring (bicyclic) bond motifs is 3. The third-order valence-electron chi connectivity index (χ3n) is 7.13. The van der Waals surface area contributed by atoms with E-state index in [1.807, 2.05) is 10.7 Å². The number of amides is 1. The first-order valence-electron chi connectivity index (χ1n) is 11.5. The molecule has 2 N–H and O–H groups in total. The largest absolute Gasteiger partial charge is 0.354 e. The molecule has 0 bridgehead atoms. The van der Waals surface area contributed by atoms with Crippen molar-refractivity contribution in [3.8, 4) is 11.3 Å². The van der Waals surface area contributed by atoms with Gasteiger partial charge in [-0.15, -0.1) is 11.3 Å². The molecule has 2 atom stereocenters. The molecule has 2 fully saturated rings. The number of hydrogen-bond donors (Lipinski definition) is 2. The van der Waals surface area contributed by atoms with Crippen LogP contribution in [0, 0.1) is 12.8 Å². The number of rotatable bonds is 3. The smallest absolute Gasteiger partial charge is 0.264 e. The highest BCUT2D eigenvalue weighted by Crippen LogP contribution is 2.41. The number of piperidine rings is 1. The van der Waals surface area contributed by atoms with Crippen molar-refractivity contribution in [3.05, 3.63) is 40.7 Å². The average molecular weight is 449 g/mol. The van der Waals surface area contributed by atoms with Crippen LogP contribution in [0.25, 0.3) is 27.1 Å². The summed E-state index contributed by atoms with van der Waals surface area (Å²) in [5, 5.41) is 7.81. The lowest BCUT2D eigenvalue weighted by Crippen LogP contribution is -2.47. The summed E-state index contributed by atoms with van der Waals surface area (Å²) in [7, 11) is 0. The molecule has 4 aromatic heterocycles. The van der Waals surface area contributed by atoms with Gasteiger partial charge in [-0.2, -0.15) is 5.10 Å². The van der Waals surface area contributed by atoms with Crippen LogP contribution in [0.15, 0.2) is 24.7 Å². The number of aromatic amines is 1. The number of likely N-dealkylation sites (tertiary alicyclic amines) is 1. The van der Waals surface area contributed by atoms with Gasteiger partial charge in [-0.25, -0.2) is 9.50 Å². The maximum Gasteiger partial charge on any atom is 0.264 e. The van der Waals surface area contributed by atoms with Gasteiger partial charge >= 0.3 is 0 Å². The van der Waals surface area contributed by atoms with Crippen molar-refractivity contribution in [1.29, 1.82) is 0 Å². The van der Waals surface area contributed by atoms with E-state index in [4.69, 9.17) is 0 Å². The van der Waals surface area contributed by atoms with Gasteiger partial charge in [0, 0.05) is 30.9 Å². The molecule has 0 radical (unpaired) electrons. The molecule has 1 amide bonds. The lowest BCUT2D eigenvalue weighted by atomic mass is 9.93. The second-order valence-corrected chi connectivity index (χ2v) is 10.5. The molecule has 0 saturated carbocycles. The summed E-state index contributed by atoms with van der Waals surface area (Å²) in [4.78, 5) is 24.4. The number of hydrogen-bond acceptors (Lipinski definition) is 5. The Bertz CT molecular complexity index is 1330. The molecule has 8 heteroatoms. The zero-order chi connectivity index (χ0) is 22.0. The Morgan fingerprint density at radius 2 is 2.16 bits per heavy atom. The van der Waals surface area contributed by atoms with Crippen LogP contribution >= 0.6 is 11.3 Å². The fraction of sp³-hybridized carbons (Fsp3) is 0.458. The molecule has 4 aromatic rings. The highest BCUT2D eigenvalue weighted by atomic mass is 32.1. The Morgan fingerprint density at radius 1 is 1.28 bits per heavy atom. The fourth-order valence-electron chi connectivity index (χ4n) is 5.58. The average Bonchev–Trinajstić information content (AvgIpc) is 3.53. The van der Waals surface area contributed by atoms with Crippen molar-refractivity contribution in [2.24, 2.45) is 5.92 Å². The Kier molecular flexibility index (Phi) is 4.62. The molecule has 6 heterocycles. The molecular weight excluding hydrogens is 420 g/mol. The number of carbonyl (C=O) groups is 1. The number of carbonyl (C=O) groups excluding carboxylic acids is 1. The molecule has 166 valence electrons. The number of nitrogens with one attached hydrogen (secondary N) is 2. The van der Waals surface area contributed by atoms with E-state index in [1.165, 1.54) is 16.7 Å². The molecule has 6 rings (SSSR count). The summed E-state index contributed by atoms with van der Waals surface area (Å²) in [6, 6.07) is 4.56. The van der Waals surface area contributed by atoms with Crippen LogP contribution in [-0.2, 0) is 0 Å². The van der Waals surface area contributed by atoms with E-state index in [0.717, 1.165) is 58.9 Å². The van der Waals surface area contributed by atoms with Gasteiger partial charge in [-0.05, 0) is 61.4 Å². The van der Waals surface area contributed by atoms with Crippen LogP contribution in [0.4, 0.5) is 0 Å². The molecule has 7 nitrogen and oxygen atoms in total. The number of nitrogens with zero attached hydrogens (tertiary/aromatic N) is 4. The lowest BCUT2D eigenvalue weighted by molar-refractivity contribution is 0.0707. The Balaban J connectivity index is 1.40. The molecule has 32 heavy (non-hydrogen) atoms. The number of thiophene rings is 1. The van der Waals surface area contributed by atoms with Crippen molar-refractivity contribution in [3.63, 3.8) is 0 Å². The summed E-state index contributed by atoms with van der Waals surface area (Å²) >= 11 is 1.63. The van der Waals surface area contributed by atoms with Crippen molar-refractivity contribution in [2.75, 3.05) is 19.6 Å². The minimum Gasteiger partial charge on any atom is -0.354 e. The standard InChI is InChI=1S/C24H28N6OS/c1-13(2)20-21(16-8-14(3)23-26-12-27-30(23)11-16)28-17-9-19(32-22(17)20)24(31)29-7-5-15-4-6-25-10-18(15)29/h8-9,11-13,15,18,25,28H,4-7,10H2,1-3H3. The Labute approximate surface area is 190 Å². The molecule has 2 saturated heterocycles. The highest BCUT2D eigenvalue weighted by molar-refractivity contribution is 7.21.